The zero-order chi connectivity index (χ0) is 15.5. The van der Waals surface area contributed by atoms with Crippen molar-refractivity contribution in [2.45, 2.75) is 31.8 Å². The van der Waals surface area contributed by atoms with Crippen LogP contribution in [0, 0.1) is 0 Å². The number of nitrogens with zero attached hydrogens (tertiary/aromatic N) is 1. The molecule has 2 N–H and O–H groups in total. The van der Waals surface area contributed by atoms with Gasteiger partial charge in [0.25, 0.3) is 0 Å². The van der Waals surface area contributed by atoms with Crippen molar-refractivity contribution in [1.82, 2.24) is 4.90 Å². The lowest BCUT2D eigenvalue weighted by Crippen LogP contribution is -2.45. The van der Waals surface area contributed by atoms with Crippen molar-refractivity contribution in [3.05, 3.63) is 35.9 Å². The molecular formula is C17H30N2O2. The highest BCUT2D eigenvalue weighted by Crippen LogP contribution is 2.07. The summed E-state index contributed by atoms with van der Waals surface area (Å²) in [5.74, 6) is 0. The van der Waals surface area contributed by atoms with Crippen molar-refractivity contribution in [2.75, 3.05) is 40.5 Å². The molecule has 4 nitrogen and oxygen atoms in total. The van der Waals surface area contributed by atoms with Crippen LogP contribution in [-0.2, 0) is 15.9 Å². The molecule has 1 aromatic rings. The van der Waals surface area contributed by atoms with E-state index in [1.807, 2.05) is 6.07 Å². The number of hydrogen-bond donors (Lipinski definition) is 1. The number of hydrogen-bond acceptors (Lipinski definition) is 4. The number of ether oxygens (including phenoxy) is 2. The molecule has 120 valence electrons. The van der Waals surface area contributed by atoms with Crippen LogP contribution in [0.25, 0.3) is 0 Å². The number of rotatable bonds is 11. The van der Waals surface area contributed by atoms with Crippen LogP contribution in [0.2, 0.25) is 0 Å². The third-order valence-corrected chi connectivity index (χ3v) is 3.73. The van der Waals surface area contributed by atoms with E-state index < -0.39 is 0 Å². The van der Waals surface area contributed by atoms with Gasteiger partial charge in [-0.25, -0.2) is 0 Å². The molecule has 0 saturated carbocycles. The van der Waals surface area contributed by atoms with E-state index in [4.69, 9.17) is 15.2 Å². The molecule has 21 heavy (non-hydrogen) atoms. The third kappa shape index (κ3) is 7.58. The van der Waals surface area contributed by atoms with E-state index in [0.717, 1.165) is 39.1 Å². The Morgan fingerprint density at radius 2 is 1.86 bits per heavy atom. The minimum absolute atomic E-state index is 0.168. The zero-order valence-electron chi connectivity index (χ0n) is 13.6. The van der Waals surface area contributed by atoms with Gasteiger partial charge >= 0.3 is 0 Å². The molecule has 0 aromatic heterocycles. The van der Waals surface area contributed by atoms with Gasteiger partial charge in [-0.2, -0.15) is 0 Å². The van der Waals surface area contributed by atoms with Gasteiger partial charge in [0.15, 0.2) is 0 Å². The Labute approximate surface area is 129 Å². The van der Waals surface area contributed by atoms with Gasteiger partial charge in [0.05, 0.1) is 13.2 Å². The summed E-state index contributed by atoms with van der Waals surface area (Å²) in [7, 11) is 3.47. The van der Waals surface area contributed by atoms with E-state index in [9.17, 15) is 0 Å². The third-order valence-electron chi connectivity index (χ3n) is 3.73. The predicted octanol–water partition coefficient (Wildman–Crippen LogP) is 1.93. The normalized spacial score (nSPS) is 14.3. The van der Waals surface area contributed by atoms with E-state index in [1.165, 1.54) is 5.56 Å². The van der Waals surface area contributed by atoms with Gasteiger partial charge in [-0.05, 0) is 25.3 Å². The van der Waals surface area contributed by atoms with Crippen LogP contribution in [0.1, 0.15) is 18.9 Å². The Balaban J connectivity index is 2.41. The molecule has 0 aliphatic carbocycles. The molecule has 4 heteroatoms. The standard InChI is InChI=1S/C17H30N2O2/c1-15(14-21-3)19(11-12-20-2)13-17(18)10-9-16-7-5-4-6-8-16/h4-8,15,17H,9-14,18H2,1-3H3. The predicted molar refractivity (Wildman–Crippen MR) is 87.5 cm³/mol. The second-order valence-corrected chi connectivity index (χ2v) is 5.58. The molecule has 0 saturated heterocycles. The molecular weight excluding hydrogens is 264 g/mol. The zero-order valence-corrected chi connectivity index (χ0v) is 13.6. The Hall–Kier alpha value is -0.940. The first-order valence-corrected chi connectivity index (χ1v) is 7.68. The van der Waals surface area contributed by atoms with Crippen molar-refractivity contribution in [2.24, 2.45) is 5.73 Å². The van der Waals surface area contributed by atoms with E-state index >= 15 is 0 Å². The quantitative estimate of drug-likeness (QED) is 0.677. The second kappa shape index (κ2) is 10.7. The topological polar surface area (TPSA) is 47.7 Å². The second-order valence-electron chi connectivity index (χ2n) is 5.58. The number of benzene rings is 1. The van der Waals surface area contributed by atoms with Crippen molar-refractivity contribution in [1.29, 1.82) is 0 Å². The maximum absolute atomic E-state index is 6.30. The Bertz CT molecular complexity index is 359. The summed E-state index contributed by atoms with van der Waals surface area (Å²) in [6, 6.07) is 11.0. The van der Waals surface area contributed by atoms with Crippen molar-refractivity contribution in [3.8, 4) is 0 Å². The van der Waals surface area contributed by atoms with Gasteiger partial charge in [0.2, 0.25) is 0 Å². The van der Waals surface area contributed by atoms with Crippen LogP contribution in [0.5, 0.6) is 0 Å². The molecule has 0 spiro atoms. The molecule has 0 amide bonds. The van der Waals surface area contributed by atoms with Gasteiger partial charge in [0.1, 0.15) is 0 Å². The summed E-state index contributed by atoms with van der Waals surface area (Å²) in [5.41, 5.74) is 7.65. The fourth-order valence-electron chi connectivity index (χ4n) is 2.44. The molecule has 0 aliphatic rings. The van der Waals surface area contributed by atoms with Crippen LogP contribution in [-0.4, -0.2) is 57.5 Å². The highest BCUT2D eigenvalue weighted by Gasteiger charge is 2.16. The van der Waals surface area contributed by atoms with Crippen LogP contribution >= 0.6 is 0 Å². The summed E-state index contributed by atoms with van der Waals surface area (Å²) in [4.78, 5) is 2.35. The summed E-state index contributed by atoms with van der Waals surface area (Å²) >= 11 is 0. The average molecular weight is 294 g/mol. The first kappa shape index (κ1) is 18.1. The fraction of sp³-hybridized carbons (Fsp3) is 0.647. The van der Waals surface area contributed by atoms with Gasteiger partial charge in [-0.15, -0.1) is 0 Å². The monoisotopic (exact) mass is 294 g/mol. The SMILES string of the molecule is COCCN(CC(N)CCc1ccccc1)C(C)COC. The molecule has 0 bridgehead atoms. The van der Waals surface area contributed by atoms with E-state index in [-0.39, 0.29) is 6.04 Å². The first-order valence-electron chi connectivity index (χ1n) is 7.68. The van der Waals surface area contributed by atoms with E-state index in [0.29, 0.717) is 6.04 Å². The Morgan fingerprint density at radius 3 is 2.48 bits per heavy atom. The average Bonchev–Trinajstić information content (AvgIpc) is 2.50. The van der Waals surface area contributed by atoms with Crippen LogP contribution in [0.3, 0.4) is 0 Å². The molecule has 0 heterocycles. The maximum atomic E-state index is 6.30. The fourth-order valence-corrected chi connectivity index (χ4v) is 2.44. The van der Waals surface area contributed by atoms with E-state index in [1.54, 1.807) is 14.2 Å². The van der Waals surface area contributed by atoms with Gasteiger partial charge in [-0.1, -0.05) is 30.3 Å². The maximum Gasteiger partial charge on any atom is 0.0615 e. The highest BCUT2D eigenvalue weighted by atomic mass is 16.5. The lowest BCUT2D eigenvalue weighted by molar-refractivity contribution is 0.0709. The van der Waals surface area contributed by atoms with Gasteiger partial charge < -0.3 is 15.2 Å². The number of methoxy groups -OCH3 is 2. The van der Waals surface area contributed by atoms with E-state index in [2.05, 4.69) is 36.1 Å². The Morgan fingerprint density at radius 1 is 1.14 bits per heavy atom. The lowest BCUT2D eigenvalue weighted by atomic mass is 10.0. The largest absolute Gasteiger partial charge is 0.383 e. The minimum atomic E-state index is 0.168. The summed E-state index contributed by atoms with van der Waals surface area (Å²) in [5, 5.41) is 0. The number of nitrogens with two attached hydrogens (primary N) is 1. The molecule has 0 radical (unpaired) electrons. The molecule has 2 atom stereocenters. The molecule has 1 rings (SSSR count). The number of aryl methyl sites for hydroxylation is 1. The summed E-state index contributed by atoms with van der Waals surface area (Å²) < 4.78 is 10.4. The van der Waals surface area contributed by atoms with Crippen LogP contribution in [0.4, 0.5) is 0 Å². The van der Waals surface area contributed by atoms with Crippen molar-refractivity contribution in [3.63, 3.8) is 0 Å². The molecule has 0 fully saturated rings. The molecule has 2 unspecified atom stereocenters. The summed E-state index contributed by atoms with van der Waals surface area (Å²) in [6.07, 6.45) is 2.02. The first-order chi connectivity index (χ1) is 10.2. The molecule has 0 aliphatic heterocycles. The minimum Gasteiger partial charge on any atom is -0.383 e. The lowest BCUT2D eigenvalue weighted by Gasteiger charge is -2.30. The smallest absolute Gasteiger partial charge is 0.0615 e. The van der Waals surface area contributed by atoms with Crippen LogP contribution in [0.15, 0.2) is 30.3 Å². The van der Waals surface area contributed by atoms with Crippen molar-refractivity contribution < 1.29 is 9.47 Å². The Kier molecular flexibility index (Phi) is 9.26. The summed E-state index contributed by atoms with van der Waals surface area (Å²) in [6.45, 7) is 5.37. The molecule has 1 aromatic carbocycles. The highest BCUT2D eigenvalue weighted by molar-refractivity contribution is 5.14. The van der Waals surface area contributed by atoms with Crippen molar-refractivity contribution >= 4 is 0 Å². The van der Waals surface area contributed by atoms with Gasteiger partial charge in [-0.3, -0.25) is 4.90 Å². The van der Waals surface area contributed by atoms with Gasteiger partial charge in [0, 0.05) is 39.4 Å². The van der Waals surface area contributed by atoms with Crippen LogP contribution < -0.4 is 5.73 Å².